The topological polar surface area (TPSA) is 64.3 Å². The third-order valence-corrected chi connectivity index (χ3v) is 4.18. The maximum atomic E-state index is 12.2. The van der Waals surface area contributed by atoms with Gasteiger partial charge in [-0.2, -0.15) is 0 Å². The van der Waals surface area contributed by atoms with Crippen LogP contribution in [0.3, 0.4) is 0 Å². The number of para-hydroxylation sites is 1. The van der Waals surface area contributed by atoms with E-state index >= 15 is 0 Å². The average molecular weight is 276 g/mol. The molecule has 0 aromatic heterocycles. The van der Waals surface area contributed by atoms with E-state index in [9.17, 15) is 4.79 Å². The number of carbonyl (C=O) groups is 1. The Morgan fingerprint density at radius 2 is 2.20 bits per heavy atom. The van der Waals surface area contributed by atoms with E-state index in [1.54, 1.807) is 7.11 Å². The van der Waals surface area contributed by atoms with Crippen LogP contribution in [0.4, 0.5) is 0 Å². The van der Waals surface area contributed by atoms with E-state index in [1.165, 1.54) is 0 Å². The molecule has 1 amide bonds. The van der Waals surface area contributed by atoms with Crippen LogP contribution >= 0.6 is 0 Å². The lowest BCUT2D eigenvalue weighted by molar-refractivity contribution is -0.125. The standard InChI is InChI=1S/C16H24N2O2/c1-20-15-8-3-2-5-12(15)9-10-18-16(19)14-7-4-6-13(14)11-17/h2-3,5,8,13-14H,4,6-7,9-11,17H2,1H3,(H,18,19)/t13-,14-/m1/s1. The first-order chi connectivity index (χ1) is 9.76. The molecule has 2 rings (SSSR count). The van der Waals surface area contributed by atoms with Crippen molar-refractivity contribution in [2.75, 3.05) is 20.2 Å². The van der Waals surface area contributed by atoms with Crippen LogP contribution in [0.25, 0.3) is 0 Å². The molecule has 3 N–H and O–H groups in total. The Morgan fingerprint density at radius 3 is 2.95 bits per heavy atom. The number of nitrogens with two attached hydrogens (primary N) is 1. The van der Waals surface area contributed by atoms with Crippen molar-refractivity contribution in [3.05, 3.63) is 29.8 Å². The van der Waals surface area contributed by atoms with Crippen molar-refractivity contribution in [2.24, 2.45) is 17.6 Å². The Kier molecular flexibility index (Phi) is 5.41. The number of carbonyl (C=O) groups excluding carboxylic acids is 1. The monoisotopic (exact) mass is 276 g/mol. The first-order valence-electron chi connectivity index (χ1n) is 7.36. The van der Waals surface area contributed by atoms with Crippen LogP contribution < -0.4 is 15.8 Å². The Morgan fingerprint density at radius 1 is 1.40 bits per heavy atom. The largest absolute Gasteiger partial charge is 0.496 e. The van der Waals surface area contributed by atoms with Gasteiger partial charge in [0.25, 0.3) is 0 Å². The Bertz CT molecular complexity index is 448. The number of nitrogens with one attached hydrogen (secondary N) is 1. The normalized spacial score (nSPS) is 21.7. The maximum absolute atomic E-state index is 12.2. The van der Waals surface area contributed by atoms with E-state index in [2.05, 4.69) is 5.32 Å². The summed E-state index contributed by atoms with van der Waals surface area (Å²) in [5.41, 5.74) is 6.85. The number of hydrogen-bond acceptors (Lipinski definition) is 3. The van der Waals surface area contributed by atoms with Crippen molar-refractivity contribution in [1.29, 1.82) is 0 Å². The molecular weight excluding hydrogens is 252 g/mol. The maximum Gasteiger partial charge on any atom is 0.223 e. The number of amides is 1. The Labute approximate surface area is 120 Å². The fourth-order valence-electron chi connectivity index (χ4n) is 3.03. The quantitative estimate of drug-likeness (QED) is 0.831. The molecule has 2 atom stereocenters. The number of hydrogen-bond donors (Lipinski definition) is 2. The minimum atomic E-state index is 0.109. The van der Waals surface area contributed by atoms with Crippen LogP contribution in [0.1, 0.15) is 24.8 Å². The second-order valence-electron chi connectivity index (χ2n) is 5.39. The Hall–Kier alpha value is -1.55. The molecule has 1 aliphatic rings. The number of ether oxygens (including phenoxy) is 1. The van der Waals surface area contributed by atoms with Crippen molar-refractivity contribution < 1.29 is 9.53 Å². The van der Waals surface area contributed by atoms with Crippen LogP contribution in [0.15, 0.2) is 24.3 Å². The first kappa shape index (κ1) is 14.9. The molecule has 0 heterocycles. The highest BCUT2D eigenvalue weighted by atomic mass is 16.5. The van der Waals surface area contributed by atoms with E-state index in [4.69, 9.17) is 10.5 Å². The van der Waals surface area contributed by atoms with Gasteiger partial charge in [-0.25, -0.2) is 0 Å². The lowest BCUT2D eigenvalue weighted by Crippen LogP contribution is -2.36. The van der Waals surface area contributed by atoms with E-state index in [1.807, 2.05) is 24.3 Å². The van der Waals surface area contributed by atoms with Crippen LogP contribution in [-0.4, -0.2) is 26.1 Å². The fraction of sp³-hybridized carbons (Fsp3) is 0.562. The summed E-state index contributed by atoms with van der Waals surface area (Å²) in [6, 6.07) is 7.91. The third kappa shape index (κ3) is 3.51. The number of rotatable bonds is 6. The molecule has 0 unspecified atom stereocenters. The predicted octanol–water partition coefficient (Wildman–Crippen LogP) is 1.73. The SMILES string of the molecule is COc1ccccc1CCNC(=O)[C@@H]1CCC[C@@H]1CN. The van der Waals surface area contributed by atoms with Gasteiger partial charge in [-0.3, -0.25) is 4.79 Å². The highest BCUT2D eigenvalue weighted by Gasteiger charge is 2.31. The zero-order valence-electron chi connectivity index (χ0n) is 12.1. The molecule has 1 aliphatic carbocycles. The zero-order chi connectivity index (χ0) is 14.4. The van der Waals surface area contributed by atoms with Gasteiger partial charge in [0, 0.05) is 12.5 Å². The van der Waals surface area contributed by atoms with Crippen LogP contribution in [-0.2, 0) is 11.2 Å². The fourth-order valence-corrected chi connectivity index (χ4v) is 3.03. The van der Waals surface area contributed by atoms with Gasteiger partial charge in [0.2, 0.25) is 5.91 Å². The molecule has 1 aromatic carbocycles. The highest BCUT2D eigenvalue weighted by Crippen LogP contribution is 2.30. The van der Waals surface area contributed by atoms with Gasteiger partial charge in [0.1, 0.15) is 5.75 Å². The van der Waals surface area contributed by atoms with Gasteiger partial charge >= 0.3 is 0 Å². The molecule has 0 saturated heterocycles. The molecule has 20 heavy (non-hydrogen) atoms. The highest BCUT2D eigenvalue weighted by molar-refractivity contribution is 5.79. The van der Waals surface area contributed by atoms with E-state index in [0.717, 1.165) is 37.0 Å². The summed E-state index contributed by atoms with van der Waals surface area (Å²) in [6.45, 7) is 1.26. The molecular formula is C16H24N2O2. The summed E-state index contributed by atoms with van der Waals surface area (Å²) in [5.74, 6) is 1.51. The third-order valence-electron chi connectivity index (χ3n) is 4.18. The first-order valence-corrected chi connectivity index (χ1v) is 7.36. The minimum absolute atomic E-state index is 0.109. The summed E-state index contributed by atoms with van der Waals surface area (Å²) in [5, 5.41) is 3.04. The summed E-state index contributed by atoms with van der Waals surface area (Å²) < 4.78 is 5.31. The minimum Gasteiger partial charge on any atom is -0.496 e. The molecule has 1 fully saturated rings. The zero-order valence-corrected chi connectivity index (χ0v) is 12.1. The van der Waals surface area contributed by atoms with Crippen molar-refractivity contribution in [2.45, 2.75) is 25.7 Å². The molecule has 4 heteroatoms. The summed E-state index contributed by atoms with van der Waals surface area (Å²) in [6.07, 6.45) is 3.96. The van der Waals surface area contributed by atoms with E-state index in [0.29, 0.717) is 19.0 Å². The lowest BCUT2D eigenvalue weighted by Gasteiger charge is -2.17. The molecule has 1 aromatic rings. The smallest absolute Gasteiger partial charge is 0.223 e. The summed E-state index contributed by atoms with van der Waals surface area (Å²) in [7, 11) is 1.67. The van der Waals surface area contributed by atoms with Gasteiger partial charge in [-0.1, -0.05) is 24.6 Å². The van der Waals surface area contributed by atoms with Crippen molar-refractivity contribution in [1.82, 2.24) is 5.32 Å². The van der Waals surface area contributed by atoms with Gasteiger partial charge in [-0.15, -0.1) is 0 Å². The molecule has 110 valence electrons. The van der Waals surface area contributed by atoms with Crippen molar-refractivity contribution >= 4 is 5.91 Å². The number of methoxy groups -OCH3 is 1. The summed E-state index contributed by atoms with van der Waals surface area (Å²) >= 11 is 0. The molecule has 1 saturated carbocycles. The average Bonchev–Trinajstić information content (AvgIpc) is 2.96. The lowest BCUT2D eigenvalue weighted by atomic mass is 9.95. The van der Waals surface area contributed by atoms with Crippen LogP contribution in [0.2, 0.25) is 0 Å². The van der Waals surface area contributed by atoms with E-state index in [-0.39, 0.29) is 11.8 Å². The van der Waals surface area contributed by atoms with Gasteiger partial charge in [-0.05, 0) is 43.4 Å². The van der Waals surface area contributed by atoms with Gasteiger partial charge in [0.15, 0.2) is 0 Å². The van der Waals surface area contributed by atoms with Gasteiger partial charge in [0.05, 0.1) is 7.11 Å². The van der Waals surface area contributed by atoms with Crippen LogP contribution in [0.5, 0.6) is 5.75 Å². The molecule has 0 radical (unpaired) electrons. The molecule has 0 spiro atoms. The van der Waals surface area contributed by atoms with Crippen LogP contribution in [0, 0.1) is 11.8 Å². The predicted molar refractivity (Wildman–Crippen MR) is 79.6 cm³/mol. The number of benzene rings is 1. The molecule has 0 aliphatic heterocycles. The summed E-state index contributed by atoms with van der Waals surface area (Å²) in [4.78, 5) is 12.2. The second kappa shape index (κ2) is 7.29. The molecule has 0 bridgehead atoms. The Balaban J connectivity index is 1.82. The van der Waals surface area contributed by atoms with Gasteiger partial charge < -0.3 is 15.8 Å². The van der Waals surface area contributed by atoms with E-state index < -0.39 is 0 Å². The van der Waals surface area contributed by atoms with Crippen molar-refractivity contribution in [3.63, 3.8) is 0 Å². The molecule has 4 nitrogen and oxygen atoms in total. The second-order valence-corrected chi connectivity index (χ2v) is 5.39. The van der Waals surface area contributed by atoms with Crippen molar-refractivity contribution in [3.8, 4) is 5.75 Å².